The second-order valence-corrected chi connectivity index (χ2v) is 4.56. The fraction of sp³-hybridized carbons (Fsp3) is 0.273. The summed E-state index contributed by atoms with van der Waals surface area (Å²) in [5.41, 5.74) is 0.641. The van der Waals surface area contributed by atoms with Crippen molar-refractivity contribution in [3.8, 4) is 0 Å². The van der Waals surface area contributed by atoms with Crippen molar-refractivity contribution in [3.63, 3.8) is 0 Å². The van der Waals surface area contributed by atoms with Crippen LogP contribution in [0, 0.1) is 12.7 Å². The number of halogens is 1. The van der Waals surface area contributed by atoms with Crippen LogP contribution < -0.4 is 5.32 Å². The number of aryl methyl sites for hydroxylation is 1. The lowest BCUT2D eigenvalue weighted by atomic mass is 10.2. The average Bonchev–Trinajstić information content (AvgIpc) is 2.69. The molecule has 0 fully saturated rings. The first-order valence-electron chi connectivity index (χ1n) is 5.19. The Hall–Kier alpha value is -1.40. The number of hydrogen-bond acceptors (Lipinski definition) is 4. The minimum atomic E-state index is -0.211. The van der Waals surface area contributed by atoms with Gasteiger partial charge < -0.3 is 5.32 Å². The van der Waals surface area contributed by atoms with Gasteiger partial charge in [-0.3, -0.25) is 5.10 Å². The average molecular weight is 252 g/mol. The van der Waals surface area contributed by atoms with Gasteiger partial charge in [-0.1, -0.05) is 6.07 Å². The van der Waals surface area contributed by atoms with Crippen LogP contribution in [0.2, 0.25) is 0 Å². The van der Waals surface area contributed by atoms with Gasteiger partial charge in [-0.25, -0.2) is 9.37 Å². The molecule has 0 saturated heterocycles. The maximum Gasteiger partial charge on any atom is 0.213 e. The summed E-state index contributed by atoms with van der Waals surface area (Å²) >= 11 is 1.36. The van der Waals surface area contributed by atoms with Gasteiger partial charge in [0.15, 0.2) is 0 Å². The van der Waals surface area contributed by atoms with Crippen LogP contribution in [0.5, 0.6) is 0 Å². The number of rotatable bonds is 4. The Labute approximate surface area is 103 Å². The molecule has 2 rings (SSSR count). The summed E-state index contributed by atoms with van der Waals surface area (Å²) in [6.07, 6.45) is 0. The zero-order chi connectivity index (χ0) is 12.3. The lowest BCUT2D eigenvalue weighted by Crippen LogP contribution is -2.08. The van der Waals surface area contributed by atoms with Crippen LogP contribution in [0.3, 0.4) is 0 Å². The summed E-state index contributed by atoms with van der Waals surface area (Å²) in [7, 11) is 1.79. The molecule has 0 saturated carbocycles. The maximum absolute atomic E-state index is 13.6. The Morgan fingerprint density at radius 1 is 1.47 bits per heavy atom. The Morgan fingerprint density at radius 2 is 2.29 bits per heavy atom. The second-order valence-electron chi connectivity index (χ2n) is 3.55. The van der Waals surface area contributed by atoms with E-state index in [-0.39, 0.29) is 5.82 Å². The molecule has 0 spiro atoms. The van der Waals surface area contributed by atoms with Gasteiger partial charge >= 0.3 is 0 Å². The van der Waals surface area contributed by atoms with Crippen LogP contribution in [0.25, 0.3) is 0 Å². The molecule has 0 aliphatic carbocycles. The molecule has 1 heterocycles. The SMILES string of the molecule is CNCc1c(F)cccc1Sc1n[nH]c(C)n1. The van der Waals surface area contributed by atoms with Crippen molar-refractivity contribution in [3.05, 3.63) is 35.4 Å². The highest BCUT2D eigenvalue weighted by atomic mass is 32.2. The standard InChI is InChI=1S/C11H13FN4S/c1-7-14-11(16-15-7)17-10-5-3-4-9(12)8(10)6-13-2/h3-5,13H,6H2,1-2H3,(H,14,15,16). The Morgan fingerprint density at radius 3 is 2.94 bits per heavy atom. The topological polar surface area (TPSA) is 53.6 Å². The number of benzene rings is 1. The number of aromatic nitrogens is 3. The van der Waals surface area contributed by atoms with Gasteiger partial charge in [-0.15, -0.1) is 5.10 Å². The highest BCUT2D eigenvalue weighted by Crippen LogP contribution is 2.29. The summed E-state index contributed by atoms with van der Waals surface area (Å²) in [4.78, 5) is 5.02. The first-order valence-corrected chi connectivity index (χ1v) is 6.01. The van der Waals surface area contributed by atoms with Gasteiger partial charge in [0.05, 0.1) is 0 Å². The van der Waals surface area contributed by atoms with Gasteiger partial charge in [-0.05, 0) is 37.9 Å². The third kappa shape index (κ3) is 2.83. The molecule has 1 aromatic heterocycles. The van der Waals surface area contributed by atoms with E-state index in [9.17, 15) is 4.39 Å². The molecule has 2 aromatic rings. The first kappa shape index (κ1) is 12.1. The van der Waals surface area contributed by atoms with Gasteiger partial charge in [0.25, 0.3) is 0 Å². The zero-order valence-corrected chi connectivity index (χ0v) is 10.4. The molecule has 17 heavy (non-hydrogen) atoms. The van der Waals surface area contributed by atoms with Crippen molar-refractivity contribution in [1.29, 1.82) is 0 Å². The highest BCUT2D eigenvalue weighted by Gasteiger charge is 2.11. The van der Waals surface area contributed by atoms with Gasteiger partial charge in [0.1, 0.15) is 11.6 Å². The van der Waals surface area contributed by atoms with E-state index in [4.69, 9.17) is 0 Å². The number of hydrogen-bond donors (Lipinski definition) is 2. The molecule has 0 aliphatic rings. The fourth-order valence-electron chi connectivity index (χ4n) is 1.45. The molecular formula is C11H13FN4S. The quantitative estimate of drug-likeness (QED) is 0.875. The number of nitrogens with zero attached hydrogens (tertiary/aromatic N) is 2. The third-order valence-corrected chi connectivity index (χ3v) is 3.17. The van der Waals surface area contributed by atoms with Crippen molar-refractivity contribution in [2.24, 2.45) is 0 Å². The summed E-state index contributed by atoms with van der Waals surface area (Å²) in [6, 6.07) is 5.02. The molecule has 4 nitrogen and oxygen atoms in total. The molecule has 0 bridgehead atoms. The summed E-state index contributed by atoms with van der Waals surface area (Å²) in [5.74, 6) is 0.538. The molecule has 0 amide bonds. The van der Waals surface area contributed by atoms with Crippen LogP contribution in [0.4, 0.5) is 4.39 Å². The van der Waals surface area contributed by atoms with E-state index >= 15 is 0 Å². The van der Waals surface area contributed by atoms with Crippen molar-refractivity contribution >= 4 is 11.8 Å². The van der Waals surface area contributed by atoms with Gasteiger partial charge in [0.2, 0.25) is 5.16 Å². The normalized spacial score (nSPS) is 10.8. The van der Waals surface area contributed by atoms with Crippen molar-refractivity contribution in [2.45, 2.75) is 23.5 Å². The van der Waals surface area contributed by atoms with Crippen LogP contribution in [0.15, 0.2) is 28.3 Å². The zero-order valence-electron chi connectivity index (χ0n) is 9.62. The first-order chi connectivity index (χ1) is 8.20. The summed E-state index contributed by atoms with van der Waals surface area (Å²) in [5, 5.41) is 10.3. The summed E-state index contributed by atoms with van der Waals surface area (Å²) in [6.45, 7) is 2.32. The van der Waals surface area contributed by atoms with Gasteiger partial charge in [0, 0.05) is 17.0 Å². The monoisotopic (exact) mass is 252 g/mol. The van der Waals surface area contributed by atoms with Crippen molar-refractivity contribution in [2.75, 3.05) is 7.05 Å². The smallest absolute Gasteiger partial charge is 0.213 e. The fourth-order valence-corrected chi connectivity index (χ4v) is 2.36. The van der Waals surface area contributed by atoms with E-state index in [0.29, 0.717) is 17.3 Å². The lowest BCUT2D eigenvalue weighted by Gasteiger charge is -2.07. The van der Waals surface area contributed by atoms with E-state index < -0.39 is 0 Å². The van der Waals surface area contributed by atoms with E-state index in [1.165, 1.54) is 17.8 Å². The number of H-pyrrole nitrogens is 1. The lowest BCUT2D eigenvalue weighted by molar-refractivity contribution is 0.593. The molecule has 0 unspecified atom stereocenters. The molecular weight excluding hydrogens is 239 g/mol. The van der Waals surface area contributed by atoms with E-state index in [1.807, 2.05) is 13.0 Å². The van der Waals surface area contributed by atoms with Crippen LogP contribution in [-0.2, 0) is 6.54 Å². The molecule has 2 N–H and O–H groups in total. The molecule has 1 aromatic carbocycles. The van der Waals surface area contributed by atoms with E-state index in [2.05, 4.69) is 20.5 Å². The molecule has 90 valence electrons. The number of nitrogens with one attached hydrogen (secondary N) is 2. The summed E-state index contributed by atoms with van der Waals surface area (Å²) < 4.78 is 13.6. The Balaban J connectivity index is 2.28. The molecule has 0 radical (unpaired) electrons. The maximum atomic E-state index is 13.6. The van der Waals surface area contributed by atoms with Crippen LogP contribution in [0.1, 0.15) is 11.4 Å². The third-order valence-electron chi connectivity index (χ3n) is 2.21. The number of aromatic amines is 1. The van der Waals surface area contributed by atoms with E-state index in [0.717, 1.165) is 10.7 Å². The van der Waals surface area contributed by atoms with Crippen molar-refractivity contribution < 1.29 is 4.39 Å². The predicted molar refractivity (Wildman–Crippen MR) is 64.4 cm³/mol. The predicted octanol–water partition coefficient (Wildman–Crippen LogP) is 2.12. The molecule has 6 heteroatoms. The minimum absolute atomic E-state index is 0.211. The van der Waals surface area contributed by atoms with Crippen LogP contribution in [-0.4, -0.2) is 22.2 Å². The second kappa shape index (κ2) is 5.29. The minimum Gasteiger partial charge on any atom is -0.316 e. The Bertz CT molecular complexity index is 512. The van der Waals surface area contributed by atoms with Gasteiger partial charge in [-0.2, -0.15) is 0 Å². The molecule has 0 atom stereocenters. The Kier molecular flexibility index (Phi) is 3.75. The molecule has 0 aliphatic heterocycles. The van der Waals surface area contributed by atoms with Crippen LogP contribution >= 0.6 is 11.8 Å². The highest BCUT2D eigenvalue weighted by molar-refractivity contribution is 7.99. The van der Waals surface area contributed by atoms with E-state index in [1.54, 1.807) is 13.1 Å². The van der Waals surface area contributed by atoms with Crippen molar-refractivity contribution in [1.82, 2.24) is 20.5 Å². The largest absolute Gasteiger partial charge is 0.316 e.